The molecule has 0 aromatic heterocycles. The Kier molecular flexibility index (Phi) is 10.5. The van der Waals surface area contributed by atoms with Gasteiger partial charge in [0.05, 0.1) is 22.0 Å². The number of benzene rings is 2. The van der Waals surface area contributed by atoms with E-state index in [1.807, 2.05) is 42.5 Å². The molecule has 0 spiro atoms. The maximum atomic E-state index is 11.3. The summed E-state index contributed by atoms with van der Waals surface area (Å²) in [5.41, 5.74) is 6.79. The lowest BCUT2D eigenvalue weighted by molar-refractivity contribution is -0.438. The van der Waals surface area contributed by atoms with Crippen LogP contribution in [0.3, 0.4) is 0 Å². The SMILES string of the molecule is CC1(C)C(=CC=C2OCC(C=CC3=[N+](CCCCS(=O)(=O)O)c4ccccc4C3(C)C)=C2Cl)N(CCCCS(=O)(=O)O)c2ccccc21. The molecule has 0 atom stereocenters. The second-order valence-corrected chi connectivity index (χ2v) is 17.0. The van der Waals surface area contributed by atoms with E-state index >= 15 is 0 Å². The van der Waals surface area contributed by atoms with E-state index in [9.17, 15) is 25.9 Å². The van der Waals surface area contributed by atoms with Crippen molar-refractivity contribution in [3.05, 3.63) is 106 Å². The molecule has 9 nitrogen and oxygen atoms in total. The monoisotopic (exact) mass is 715 g/mol. The number of rotatable bonds is 13. The van der Waals surface area contributed by atoms with Crippen molar-refractivity contribution >= 4 is 48.9 Å². The standard InChI is InChI=1S/C36H43ClN2O7S2/c1-35(2)27-13-5-7-15-29(27)38(21-9-11-23-47(40,41)42)32(35)19-17-26-25-46-31(34(26)37)18-20-33-36(3,4)28-14-6-8-16-30(28)39(33)22-10-12-24-48(43,44)45/h5-8,13-20H,9-12,21-25H2,1-4H3,(H-,40,41,42,43,44,45)/p+1. The summed E-state index contributed by atoms with van der Waals surface area (Å²) in [5.74, 6) is 0.0215. The van der Waals surface area contributed by atoms with Gasteiger partial charge in [0, 0.05) is 53.0 Å². The summed E-state index contributed by atoms with van der Waals surface area (Å²) < 4.78 is 71.7. The van der Waals surface area contributed by atoms with Gasteiger partial charge < -0.3 is 9.64 Å². The topological polar surface area (TPSA) is 124 Å². The molecule has 0 aliphatic carbocycles. The van der Waals surface area contributed by atoms with Crippen LogP contribution in [-0.4, -0.2) is 67.4 Å². The van der Waals surface area contributed by atoms with Crippen LogP contribution < -0.4 is 4.90 Å². The molecule has 12 heteroatoms. The summed E-state index contributed by atoms with van der Waals surface area (Å²) in [7, 11) is -8.02. The lowest BCUT2D eigenvalue weighted by Crippen LogP contribution is -2.28. The second kappa shape index (κ2) is 14.0. The quantitative estimate of drug-likeness (QED) is 0.129. The summed E-state index contributed by atoms with van der Waals surface area (Å²) in [6, 6.07) is 16.4. The number of anilines is 1. The fourth-order valence-electron chi connectivity index (χ4n) is 6.89. The minimum Gasteiger partial charge on any atom is -0.487 e. The van der Waals surface area contributed by atoms with Gasteiger partial charge in [-0.2, -0.15) is 21.4 Å². The molecule has 2 N–H and O–H groups in total. The number of hydrogen-bond donors (Lipinski definition) is 2. The number of fused-ring (bicyclic) bond motifs is 2. The number of hydrogen-bond acceptors (Lipinski definition) is 6. The molecule has 0 amide bonds. The molecule has 5 rings (SSSR count). The average Bonchev–Trinajstić information content (AvgIpc) is 3.54. The first-order valence-corrected chi connectivity index (χ1v) is 19.7. The van der Waals surface area contributed by atoms with Crippen LogP contribution in [0.4, 0.5) is 11.4 Å². The molecule has 3 aliphatic heterocycles. The molecule has 258 valence electrons. The highest BCUT2D eigenvalue weighted by molar-refractivity contribution is 7.86. The molecular weight excluding hydrogens is 672 g/mol. The predicted octanol–water partition coefficient (Wildman–Crippen LogP) is 7.04. The zero-order chi connectivity index (χ0) is 34.9. The molecule has 0 saturated carbocycles. The highest BCUT2D eigenvalue weighted by Gasteiger charge is 2.44. The van der Waals surface area contributed by atoms with E-state index in [0.29, 0.717) is 56.2 Å². The van der Waals surface area contributed by atoms with Crippen LogP contribution in [-0.2, 0) is 35.8 Å². The zero-order valence-corrected chi connectivity index (χ0v) is 30.2. The van der Waals surface area contributed by atoms with Crippen LogP contribution in [0.5, 0.6) is 0 Å². The molecule has 0 unspecified atom stereocenters. The van der Waals surface area contributed by atoms with Gasteiger partial charge in [-0.15, -0.1) is 0 Å². The summed E-state index contributed by atoms with van der Waals surface area (Å²) in [5, 5.41) is 0.518. The van der Waals surface area contributed by atoms with Crippen molar-refractivity contribution in [2.45, 2.75) is 64.2 Å². The summed E-state index contributed by atoms with van der Waals surface area (Å²) >= 11 is 6.91. The van der Waals surface area contributed by atoms with Gasteiger partial charge in [-0.1, -0.05) is 61.8 Å². The molecule has 3 heterocycles. The average molecular weight is 716 g/mol. The van der Waals surface area contributed by atoms with Gasteiger partial charge in [-0.3, -0.25) is 9.11 Å². The summed E-state index contributed by atoms with van der Waals surface area (Å²) in [6.07, 6.45) is 9.84. The van der Waals surface area contributed by atoms with Crippen molar-refractivity contribution in [1.82, 2.24) is 0 Å². The molecule has 0 saturated heterocycles. The van der Waals surface area contributed by atoms with E-state index < -0.39 is 20.2 Å². The van der Waals surface area contributed by atoms with Crippen LogP contribution in [0.25, 0.3) is 0 Å². The van der Waals surface area contributed by atoms with Crippen molar-refractivity contribution in [2.24, 2.45) is 0 Å². The lowest BCUT2D eigenvalue weighted by Gasteiger charge is -2.27. The van der Waals surface area contributed by atoms with Gasteiger partial charge in [-0.25, -0.2) is 0 Å². The van der Waals surface area contributed by atoms with Crippen LogP contribution in [0.1, 0.15) is 64.5 Å². The minimum atomic E-state index is -4.01. The Balaban J connectivity index is 1.41. The number of unbranched alkanes of at least 4 members (excludes halogenated alkanes) is 2. The minimum absolute atomic E-state index is 0.267. The van der Waals surface area contributed by atoms with Crippen molar-refractivity contribution in [2.75, 3.05) is 36.1 Å². The maximum absolute atomic E-state index is 11.3. The van der Waals surface area contributed by atoms with E-state index in [1.54, 1.807) is 0 Å². The highest BCUT2D eigenvalue weighted by atomic mass is 35.5. The molecule has 2 aromatic rings. The third-order valence-corrected chi connectivity index (χ3v) is 11.4. The normalized spacial score (nSPS) is 20.4. The first-order valence-electron chi connectivity index (χ1n) is 16.1. The van der Waals surface area contributed by atoms with E-state index in [4.69, 9.17) is 16.3 Å². The number of halogens is 1. The Labute approximate surface area is 289 Å². The molecular formula is C36H44ClN2O7S2+. The van der Waals surface area contributed by atoms with E-state index in [2.05, 4.69) is 67.5 Å². The third kappa shape index (κ3) is 7.81. The number of nitrogens with zero attached hydrogens (tertiary/aromatic N) is 2. The maximum Gasteiger partial charge on any atom is 0.264 e. The molecule has 0 bridgehead atoms. The number of para-hydroxylation sites is 2. The van der Waals surface area contributed by atoms with Crippen LogP contribution in [0.15, 0.2) is 94.9 Å². The molecule has 3 aliphatic rings. The Bertz CT molecular complexity index is 1960. The van der Waals surface area contributed by atoms with Gasteiger partial charge in [0.15, 0.2) is 5.71 Å². The van der Waals surface area contributed by atoms with Gasteiger partial charge in [0.25, 0.3) is 20.2 Å². The first kappa shape index (κ1) is 36.1. The molecule has 0 radical (unpaired) electrons. The Morgan fingerprint density at radius 2 is 1.46 bits per heavy atom. The van der Waals surface area contributed by atoms with Crippen LogP contribution >= 0.6 is 11.6 Å². The molecule has 0 fully saturated rings. The van der Waals surface area contributed by atoms with E-state index in [-0.39, 0.29) is 22.3 Å². The summed E-state index contributed by atoms with van der Waals surface area (Å²) in [6.45, 7) is 10.1. The smallest absolute Gasteiger partial charge is 0.264 e. The van der Waals surface area contributed by atoms with Gasteiger partial charge in [0.1, 0.15) is 18.9 Å². The Hall–Kier alpha value is -3.22. The first-order chi connectivity index (χ1) is 22.5. The highest BCUT2D eigenvalue weighted by Crippen LogP contribution is 2.48. The van der Waals surface area contributed by atoms with Crippen molar-refractivity contribution in [3.8, 4) is 0 Å². The number of ether oxygens (including phenoxy) is 1. The van der Waals surface area contributed by atoms with Gasteiger partial charge in [-0.05, 0) is 63.0 Å². The summed E-state index contributed by atoms with van der Waals surface area (Å²) in [4.78, 5) is 2.20. The largest absolute Gasteiger partial charge is 0.487 e. The Morgan fingerprint density at radius 3 is 2.15 bits per heavy atom. The zero-order valence-electron chi connectivity index (χ0n) is 27.8. The lowest BCUT2D eigenvalue weighted by atomic mass is 9.81. The van der Waals surface area contributed by atoms with Crippen molar-refractivity contribution < 1.29 is 35.3 Å². The van der Waals surface area contributed by atoms with E-state index in [0.717, 1.165) is 28.4 Å². The molecule has 2 aromatic carbocycles. The second-order valence-electron chi connectivity index (χ2n) is 13.5. The Morgan fingerprint density at radius 1 is 0.833 bits per heavy atom. The third-order valence-electron chi connectivity index (χ3n) is 9.38. The van der Waals surface area contributed by atoms with Crippen molar-refractivity contribution in [3.63, 3.8) is 0 Å². The fraction of sp³-hybridized carbons (Fsp3) is 0.417. The molecule has 48 heavy (non-hydrogen) atoms. The van der Waals surface area contributed by atoms with Crippen LogP contribution in [0.2, 0.25) is 0 Å². The van der Waals surface area contributed by atoms with Gasteiger partial charge >= 0.3 is 0 Å². The van der Waals surface area contributed by atoms with Gasteiger partial charge in [0.2, 0.25) is 5.69 Å². The fourth-order valence-corrected chi connectivity index (χ4v) is 8.26. The van der Waals surface area contributed by atoms with Crippen LogP contribution in [0, 0.1) is 0 Å². The van der Waals surface area contributed by atoms with E-state index in [1.165, 1.54) is 11.1 Å². The predicted molar refractivity (Wildman–Crippen MR) is 192 cm³/mol. The number of allylic oxidation sites excluding steroid dienone is 5. The van der Waals surface area contributed by atoms with Crippen molar-refractivity contribution in [1.29, 1.82) is 0 Å².